The Hall–Kier alpha value is -6.18. The minimum Gasteiger partial charge on any atom is -0.458 e. The number of nitrogens with two attached hydrogens (primary N) is 1. The summed E-state index contributed by atoms with van der Waals surface area (Å²) in [6.07, 6.45) is 1.02. The van der Waals surface area contributed by atoms with Crippen LogP contribution in [0.1, 0.15) is 43.2 Å². The topological polar surface area (TPSA) is 243 Å². The molecule has 5 rings (SSSR count). The first kappa shape index (κ1) is 43.0. The summed E-state index contributed by atoms with van der Waals surface area (Å²) >= 11 is 0. The van der Waals surface area contributed by atoms with Crippen molar-refractivity contribution in [2.75, 3.05) is 44.5 Å². The second-order valence-corrected chi connectivity index (χ2v) is 15.7. The van der Waals surface area contributed by atoms with Crippen LogP contribution >= 0.6 is 0 Å². The van der Waals surface area contributed by atoms with Crippen LogP contribution in [0.2, 0.25) is 0 Å². The Labute approximate surface area is 334 Å². The quantitative estimate of drug-likeness (QED) is 0.130. The van der Waals surface area contributed by atoms with Crippen LogP contribution < -0.4 is 16.4 Å². The van der Waals surface area contributed by atoms with E-state index in [0.29, 0.717) is 46.6 Å². The summed E-state index contributed by atoms with van der Waals surface area (Å²) in [5.74, 6) is -2.73. The summed E-state index contributed by atoms with van der Waals surface area (Å²) in [5.41, 5.74) is 9.67. The number of aromatic nitrogens is 1. The fourth-order valence-electron chi connectivity index (χ4n) is 6.44. The van der Waals surface area contributed by atoms with E-state index in [0.717, 1.165) is 16.5 Å². The van der Waals surface area contributed by atoms with Crippen molar-refractivity contribution in [3.63, 3.8) is 0 Å². The van der Waals surface area contributed by atoms with Gasteiger partial charge in [-0.05, 0) is 68.2 Å². The van der Waals surface area contributed by atoms with Crippen LogP contribution in [0.15, 0.2) is 65.8 Å². The Balaban J connectivity index is 1.28. The first-order chi connectivity index (χ1) is 27.5. The normalized spacial score (nSPS) is 16.0. The van der Waals surface area contributed by atoms with E-state index < -0.39 is 59.2 Å². The summed E-state index contributed by atoms with van der Waals surface area (Å²) in [7, 11) is -3.51. The number of anilines is 1. The molecule has 0 radical (unpaired) electrons. The SMILES string of the molecule is CC1=C(/C=C2/c3nc4ccccc4c(CCN(C(C)C)S(C)(=O)=O)c3CN2C=O)C(OC(=O)OCc2ccc(NC(=O)CNC(=O)COCC(N)=O)cc2)C(=O)OC1. The van der Waals surface area contributed by atoms with Gasteiger partial charge in [0.2, 0.25) is 40.3 Å². The lowest BCUT2D eigenvalue weighted by molar-refractivity contribution is -0.153. The molecule has 0 fully saturated rings. The van der Waals surface area contributed by atoms with Gasteiger partial charge in [0.1, 0.15) is 26.4 Å². The summed E-state index contributed by atoms with van der Waals surface area (Å²) in [6.45, 7) is 4.07. The third kappa shape index (κ3) is 10.8. The van der Waals surface area contributed by atoms with Crippen molar-refractivity contribution in [1.82, 2.24) is 19.5 Å². The van der Waals surface area contributed by atoms with Gasteiger partial charge in [-0.2, -0.15) is 4.31 Å². The summed E-state index contributed by atoms with van der Waals surface area (Å²) in [6, 6.07) is 13.4. The third-order valence-electron chi connectivity index (χ3n) is 9.15. The fourth-order valence-corrected chi connectivity index (χ4v) is 7.63. The number of cyclic esters (lactones) is 1. The molecular formula is C39H44N6O12S. The van der Waals surface area contributed by atoms with Crippen molar-refractivity contribution in [2.24, 2.45) is 5.73 Å². The van der Waals surface area contributed by atoms with E-state index in [9.17, 15) is 37.2 Å². The molecule has 4 amide bonds. The lowest BCUT2D eigenvalue weighted by atomic mass is 9.96. The number of nitrogens with one attached hydrogen (secondary N) is 2. The minimum absolute atomic E-state index is 0.0889. The van der Waals surface area contributed by atoms with Crippen molar-refractivity contribution in [1.29, 1.82) is 0 Å². The van der Waals surface area contributed by atoms with Gasteiger partial charge in [-0.1, -0.05) is 30.3 Å². The van der Waals surface area contributed by atoms with Crippen LogP contribution in [0, 0.1) is 0 Å². The van der Waals surface area contributed by atoms with Crippen LogP contribution in [-0.4, -0.2) is 110 Å². The van der Waals surface area contributed by atoms with Gasteiger partial charge in [-0.15, -0.1) is 0 Å². The maximum Gasteiger partial charge on any atom is 0.509 e. The molecule has 308 valence electrons. The molecule has 1 aromatic heterocycles. The van der Waals surface area contributed by atoms with Crippen molar-refractivity contribution in [3.8, 4) is 0 Å². The Morgan fingerprint density at radius 1 is 1.09 bits per heavy atom. The molecule has 0 bridgehead atoms. The van der Waals surface area contributed by atoms with Crippen LogP contribution in [0.25, 0.3) is 16.6 Å². The van der Waals surface area contributed by atoms with Gasteiger partial charge in [0.25, 0.3) is 0 Å². The highest BCUT2D eigenvalue weighted by Gasteiger charge is 2.37. The van der Waals surface area contributed by atoms with E-state index >= 15 is 0 Å². The molecular weight excluding hydrogens is 777 g/mol. The number of hydrogen-bond donors (Lipinski definition) is 3. The van der Waals surface area contributed by atoms with Crippen LogP contribution in [0.4, 0.5) is 10.5 Å². The molecule has 1 unspecified atom stereocenters. The third-order valence-corrected chi connectivity index (χ3v) is 10.6. The Morgan fingerprint density at radius 2 is 1.81 bits per heavy atom. The molecule has 0 saturated carbocycles. The lowest BCUT2D eigenvalue weighted by Crippen LogP contribution is -2.37. The first-order valence-corrected chi connectivity index (χ1v) is 19.9. The number of rotatable bonds is 17. The zero-order valence-electron chi connectivity index (χ0n) is 32.3. The number of nitrogens with zero attached hydrogens (tertiary/aromatic N) is 3. The van der Waals surface area contributed by atoms with Gasteiger partial charge in [0.15, 0.2) is 0 Å². The number of carbonyl (C=O) groups is 6. The van der Waals surface area contributed by atoms with Gasteiger partial charge in [0.05, 0.1) is 36.3 Å². The Bertz CT molecular complexity index is 2270. The Morgan fingerprint density at radius 3 is 2.48 bits per heavy atom. The molecule has 19 heteroatoms. The number of amides is 4. The highest BCUT2D eigenvalue weighted by atomic mass is 32.2. The largest absolute Gasteiger partial charge is 0.509 e. The van der Waals surface area contributed by atoms with E-state index in [4.69, 9.17) is 29.7 Å². The molecule has 2 aliphatic heterocycles. The smallest absolute Gasteiger partial charge is 0.458 e. The molecule has 0 aliphatic carbocycles. The predicted octanol–water partition coefficient (Wildman–Crippen LogP) is 1.91. The molecule has 18 nitrogen and oxygen atoms in total. The molecule has 2 aliphatic rings. The number of fused-ring (bicyclic) bond motifs is 2. The Kier molecular flexibility index (Phi) is 14.0. The summed E-state index contributed by atoms with van der Waals surface area (Å²) in [4.78, 5) is 79.5. The number of sulfonamides is 1. The van der Waals surface area contributed by atoms with E-state index in [1.165, 1.54) is 15.5 Å². The molecule has 58 heavy (non-hydrogen) atoms. The number of benzene rings is 2. The number of esters is 1. The lowest BCUT2D eigenvalue weighted by Gasteiger charge is -2.25. The first-order valence-electron chi connectivity index (χ1n) is 18.1. The van der Waals surface area contributed by atoms with Gasteiger partial charge in [-0.3, -0.25) is 19.2 Å². The van der Waals surface area contributed by atoms with Crippen molar-refractivity contribution in [3.05, 3.63) is 88.1 Å². The second-order valence-electron chi connectivity index (χ2n) is 13.8. The van der Waals surface area contributed by atoms with E-state index in [1.807, 2.05) is 24.3 Å². The maximum atomic E-state index is 13.1. The van der Waals surface area contributed by atoms with Gasteiger partial charge in [0, 0.05) is 34.8 Å². The molecule has 0 saturated heterocycles. The molecule has 2 aromatic carbocycles. The fraction of sp³-hybridized carbons (Fsp3) is 0.359. The van der Waals surface area contributed by atoms with Gasteiger partial charge >= 0.3 is 12.1 Å². The van der Waals surface area contributed by atoms with Crippen molar-refractivity contribution < 1.29 is 56.1 Å². The zero-order valence-corrected chi connectivity index (χ0v) is 33.1. The molecule has 0 spiro atoms. The zero-order chi connectivity index (χ0) is 42.1. The predicted molar refractivity (Wildman–Crippen MR) is 209 cm³/mol. The minimum atomic E-state index is -3.51. The molecule has 3 heterocycles. The highest BCUT2D eigenvalue weighted by molar-refractivity contribution is 7.88. The number of ether oxygens (including phenoxy) is 4. The van der Waals surface area contributed by atoms with Gasteiger partial charge < -0.3 is 40.2 Å². The van der Waals surface area contributed by atoms with Crippen molar-refractivity contribution in [2.45, 2.75) is 52.5 Å². The summed E-state index contributed by atoms with van der Waals surface area (Å²) in [5, 5.41) is 5.75. The second kappa shape index (κ2) is 18.8. The number of pyridine rings is 1. The van der Waals surface area contributed by atoms with Crippen molar-refractivity contribution >= 4 is 68.6 Å². The maximum absolute atomic E-state index is 13.1. The van der Waals surface area contributed by atoms with Crippen LogP contribution in [0.3, 0.4) is 0 Å². The molecule has 3 aromatic rings. The highest BCUT2D eigenvalue weighted by Crippen LogP contribution is 2.38. The number of primary amides is 1. The standard InChI is InChI=1S/C39H44N6O12S/c1-23(2)45(58(4,52)53)14-13-27-28-7-5-6-8-31(28)43-36-30(27)17-44(22-46)32(36)15-29-24(3)18-55-38(50)37(29)57-39(51)56-19-25-9-11-26(12-10-25)42-34(48)16-41-35(49)21-54-20-33(40)47/h5-12,15,22-23,37H,13-14,16-21H2,1-4H3,(H2,40,47)(H,41,49)(H,42,48)/b32-15-. The average molecular weight is 821 g/mol. The monoisotopic (exact) mass is 820 g/mol. The van der Waals surface area contributed by atoms with Gasteiger partial charge in [-0.25, -0.2) is 23.0 Å². The van der Waals surface area contributed by atoms with E-state index in [2.05, 4.69) is 10.6 Å². The van der Waals surface area contributed by atoms with E-state index in [1.54, 1.807) is 51.1 Å². The molecule has 1 atom stereocenters. The number of carbonyl (C=O) groups excluding carboxylic acids is 6. The molecule has 4 N–H and O–H groups in total. The van der Waals surface area contributed by atoms with Crippen LogP contribution in [0.5, 0.6) is 0 Å². The average Bonchev–Trinajstić information content (AvgIpc) is 3.52. The summed E-state index contributed by atoms with van der Waals surface area (Å²) < 4.78 is 47.4. The van der Waals surface area contributed by atoms with Crippen LogP contribution in [-0.2, 0) is 72.5 Å². The number of hydrogen-bond acceptors (Lipinski definition) is 13. The van der Waals surface area contributed by atoms with E-state index in [-0.39, 0.29) is 44.5 Å². The number of para-hydroxylation sites is 1.